The predicted molar refractivity (Wildman–Crippen MR) is 63.2 cm³/mol. The third-order valence-electron chi connectivity index (χ3n) is 2.33. The van der Waals surface area contributed by atoms with Crippen LogP contribution in [0.5, 0.6) is 0 Å². The fourth-order valence-corrected chi connectivity index (χ4v) is 2.33. The van der Waals surface area contributed by atoms with E-state index in [-0.39, 0.29) is 6.04 Å². The van der Waals surface area contributed by atoms with Crippen molar-refractivity contribution in [1.29, 1.82) is 0 Å². The van der Waals surface area contributed by atoms with Crippen LogP contribution in [0.2, 0.25) is 0 Å². The van der Waals surface area contributed by atoms with Gasteiger partial charge in [-0.15, -0.1) is 10.2 Å². The van der Waals surface area contributed by atoms with Crippen LogP contribution in [0.4, 0.5) is 0 Å². The summed E-state index contributed by atoms with van der Waals surface area (Å²) in [5, 5.41) is 19.7. The van der Waals surface area contributed by atoms with Gasteiger partial charge in [-0.2, -0.15) is 16.1 Å². The lowest BCUT2D eigenvalue weighted by Crippen LogP contribution is -2.23. The maximum Gasteiger partial charge on any atom is 0.176 e. The molecule has 0 saturated heterocycles. The van der Waals surface area contributed by atoms with Gasteiger partial charge >= 0.3 is 0 Å². The highest BCUT2D eigenvalue weighted by atomic mass is 32.1. The lowest BCUT2D eigenvalue weighted by atomic mass is 10.1. The fraction of sp³-hybridized carbons (Fsp3) is 0.500. The first kappa shape index (κ1) is 11.2. The van der Waals surface area contributed by atoms with Crippen LogP contribution in [0.3, 0.4) is 0 Å². The monoisotopic (exact) mass is 237 g/mol. The second-order valence-electron chi connectivity index (χ2n) is 3.57. The first-order valence-corrected chi connectivity index (χ1v) is 6.22. The second kappa shape index (κ2) is 5.18. The summed E-state index contributed by atoms with van der Waals surface area (Å²) in [4.78, 5) is 1.49. The molecule has 0 saturated carbocycles. The lowest BCUT2D eigenvalue weighted by Gasteiger charge is -2.14. The van der Waals surface area contributed by atoms with Gasteiger partial charge in [0, 0.05) is 12.5 Å². The van der Waals surface area contributed by atoms with Gasteiger partial charge in [-0.1, -0.05) is 6.92 Å². The minimum Gasteiger partial charge on any atom is -0.310 e. The van der Waals surface area contributed by atoms with E-state index in [4.69, 9.17) is 0 Å². The minimum absolute atomic E-state index is 0.278. The Balaban J connectivity index is 2.09. The van der Waals surface area contributed by atoms with Crippen molar-refractivity contribution in [1.82, 2.24) is 25.5 Å². The van der Waals surface area contributed by atoms with Crippen molar-refractivity contribution in [2.45, 2.75) is 19.4 Å². The number of tetrazole rings is 1. The molecule has 1 N–H and O–H groups in total. The van der Waals surface area contributed by atoms with Crippen molar-refractivity contribution < 1.29 is 0 Å². The molecule has 0 aliphatic heterocycles. The summed E-state index contributed by atoms with van der Waals surface area (Å²) in [5.74, 6) is 0.777. The molecule has 0 aliphatic carbocycles. The average Bonchev–Trinajstić information content (AvgIpc) is 2.88. The quantitative estimate of drug-likeness (QED) is 0.848. The molecule has 0 bridgehead atoms. The van der Waals surface area contributed by atoms with Crippen molar-refractivity contribution in [2.24, 2.45) is 7.05 Å². The molecule has 0 aromatic carbocycles. The molecular formula is C10H15N5S. The number of aryl methyl sites for hydroxylation is 1. The number of hydrogen-bond donors (Lipinski definition) is 1. The topological polar surface area (TPSA) is 55.6 Å². The maximum absolute atomic E-state index is 4.20. The Labute approximate surface area is 98.5 Å². The summed E-state index contributed by atoms with van der Waals surface area (Å²) in [6.07, 6.45) is 0.776. The van der Waals surface area contributed by atoms with Gasteiger partial charge in [0.2, 0.25) is 0 Å². The summed E-state index contributed by atoms with van der Waals surface area (Å²) in [7, 11) is 1.78. The van der Waals surface area contributed by atoms with Crippen LogP contribution in [0.15, 0.2) is 16.8 Å². The number of rotatable bonds is 5. The van der Waals surface area contributed by atoms with Crippen LogP contribution in [0.25, 0.3) is 0 Å². The van der Waals surface area contributed by atoms with Gasteiger partial charge in [-0.25, -0.2) is 0 Å². The molecule has 0 spiro atoms. The Morgan fingerprint density at radius 3 is 3.00 bits per heavy atom. The molecule has 2 rings (SSSR count). The maximum atomic E-state index is 4.20. The van der Waals surface area contributed by atoms with E-state index in [1.807, 2.05) is 0 Å². The first-order chi connectivity index (χ1) is 7.79. The normalized spacial score (nSPS) is 12.9. The fourth-order valence-electron chi connectivity index (χ4n) is 1.62. The summed E-state index contributed by atoms with van der Waals surface area (Å²) >= 11 is 1.71. The van der Waals surface area contributed by atoms with Gasteiger partial charge < -0.3 is 5.32 Å². The zero-order valence-electron chi connectivity index (χ0n) is 9.42. The van der Waals surface area contributed by atoms with Crippen molar-refractivity contribution >= 4 is 11.3 Å². The summed E-state index contributed by atoms with van der Waals surface area (Å²) in [6.45, 7) is 3.03. The number of aromatic nitrogens is 4. The Morgan fingerprint density at radius 2 is 2.44 bits per heavy atom. The highest BCUT2D eigenvalue weighted by Crippen LogP contribution is 2.19. The van der Waals surface area contributed by atoms with E-state index >= 15 is 0 Å². The molecule has 0 aliphatic rings. The lowest BCUT2D eigenvalue weighted by molar-refractivity contribution is 0.536. The van der Waals surface area contributed by atoms with E-state index in [1.165, 1.54) is 10.4 Å². The highest BCUT2D eigenvalue weighted by molar-refractivity contribution is 7.07. The van der Waals surface area contributed by atoms with Crippen LogP contribution in [-0.2, 0) is 13.5 Å². The van der Waals surface area contributed by atoms with Gasteiger partial charge in [0.05, 0.1) is 7.05 Å². The van der Waals surface area contributed by atoms with E-state index in [2.05, 4.69) is 44.5 Å². The van der Waals surface area contributed by atoms with Crippen molar-refractivity contribution in [2.75, 3.05) is 6.54 Å². The predicted octanol–water partition coefficient (Wildman–Crippen LogP) is 1.16. The molecule has 0 fully saturated rings. The third kappa shape index (κ3) is 2.65. The van der Waals surface area contributed by atoms with E-state index in [0.717, 1.165) is 18.8 Å². The molecule has 16 heavy (non-hydrogen) atoms. The third-order valence-corrected chi connectivity index (χ3v) is 3.03. The van der Waals surface area contributed by atoms with Crippen LogP contribution < -0.4 is 5.32 Å². The number of nitrogens with zero attached hydrogens (tertiary/aromatic N) is 4. The van der Waals surface area contributed by atoms with Gasteiger partial charge in [0.1, 0.15) is 0 Å². The number of likely N-dealkylation sites (N-methyl/N-ethyl adjacent to an activating group) is 1. The average molecular weight is 237 g/mol. The molecule has 1 atom stereocenters. The van der Waals surface area contributed by atoms with Crippen LogP contribution in [0, 0.1) is 0 Å². The highest BCUT2D eigenvalue weighted by Gasteiger charge is 2.14. The summed E-state index contributed by atoms with van der Waals surface area (Å²) in [5.41, 5.74) is 1.29. The molecule has 2 heterocycles. The zero-order valence-corrected chi connectivity index (χ0v) is 10.2. The molecule has 1 unspecified atom stereocenters. The zero-order chi connectivity index (χ0) is 11.4. The largest absolute Gasteiger partial charge is 0.310 e. The second-order valence-corrected chi connectivity index (χ2v) is 4.35. The van der Waals surface area contributed by atoms with Gasteiger partial charge in [0.25, 0.3) is 0 Å². The van der Waals surface area contributed by atoms with Crippen LogP contribution in [-0.4, -0.2) is 26.8 Å². The molecular weight excluding hydrogens is 222 g/mol. The number of hydrogen-bond acceptors (Lipinski definition) is 5. The summed E-state index contributed by atoms with van der Waals surface area (Å²) in [6, 6.07) is 2.41. The van der Waals surface area contributed by atoms with Gasteiger partial charge in [-0.3, -0.25) is 0 Å². The van der Waals surface area contributed by atoms with Gasteiger partial charge in [-0.05, 0) is 34.1 Å². The molecule has 6 heteroatoms. The first-order valence-electron chi connectivity index (χ1n) is 5.28. The van der Waals surface area contributed by atoms with Crippen molar-refractivity contribution in [3.05, 3.63) is 28.2 Å². The Kier molecular flexibility index (Phi) is 3.63. The molecule has 5 nitrogen and oxygen atoms in total. The number of thiophene rings is 1. The van der Waals surface area contributed by atoms with E-state index < -0.39 is 0 Å². The Bertz CT molecular complexity index is 422. The Hall–Kier alpha value is -1.27. The number of nitrogens with one attached hydrogen (secondary N) is 1. The van der Waals surface area contributed by atoms with Crippen molar-refractivity contribution in [3.8, 4) is 0 Å². The van der Waals surface area contributed by atoms with Crippen molar-refractivity contribution in [3.63, 3.8) is 0 Å². The molecule has 0 amide bonds. The Morgan fingerprint density at radius 1 is 1.56 bits per heavy atom. The molecule has 2 aromatic heterocycles. The van der Waals surface area contributed by atoms with E-state index in [1.54, 1.807) is 18.4 Å². The van der Waals surface area contributed by atoms with Crippen LogP contribution in [0.1, 0.15) is 24.4 Å². The molecule has 86 valence electrons. The summed E-state index contributed by atoms with van der Waals surface area (Å²) < 4.78 is 0. The minimum atomic E-state index is 0.278. The standard InChI is InChI=1S/C10H15N5S/c1-3-11-9(8-4-5-16-7-8)6-10-12-14-15(2)13-10/h4-5,7,9,11H,3,6H2,1-2H3. The molecule has 2 aromatic rings. The molecule has 0 radical (unpaired) electrons. The SMILES string of the molecule is CCNC(Cc1nnn(C)n1)c1ccsc1. The van der Waals surface area contributed by atoms with E-state index in [9.17, 15) is 0 Å². The van der Waals surface area contributed by atoms with E-state index in [0.29, 0.717) is 0 Å². The van der Waals surface area contributed by atoms with Crippen LogP contribution >= 0.6 is 11.3 Å². The smallest absolute Gasteiger partial charge is 0.176 e. The van der Waals surface area contributed by atoms with Gasteiger partial charge in [0.15, 0.2) is 5.82 Å².